The molecular weight excluding hydrogens is 252 g/mol. The topological polar surface area (TPSA) is 61.6 Å². The smallest absolute Gasteiger partial charge is 0.238 e. The molecule has 1 heterocycles. The van der Waals surface area contributed by atoms with Gasteiger partial charge in [0.05, 0.1) is 17.9 Å². The highest BCUT2D eigenvalue weighted by atomic mass is 16.2. The standard InChI is InChI=1S/C15H24N4O/c1-18(10-12-6-5-9-19(12)2)11-15(20)17-14-8-4-3-7-13(14)16/h3-4,7-8,12H,5-6,9-11,16H2,1-2H3,(H,17,20). The first-order valence-electron chi connectivity index (χ1n) is 7.09. The molecule has 1 aromatic carbocycles. The lowest BCUT2D eigenvalue weighted by Crippen LogP contribution is -2.40. The summed E-state index contributed by atoms with van der Waals surface area (Å²) in [5.41, 5.74) is 7.10. The van der Waals surface area contributed by atoms with Crippen LogP contribution in [0.15, 0.2) is 24.3 Å². The molecule has 1 aliphatic rings. The minimum atomic E-state index is -0.0222. The number of carbonyl (C=O) groups excluding carboxylic acids is 1. The highest BCUT2D eigenvalue weighted by Gasteiger charge is 2.22. The molecule has 1 aromatic rings. The number of hydrogen-bond acceptors (Lipinski definition) is 4. The third-order valence-corrected chi connectivity index (χ3v) is 3.84. The van der Waals surface area contributed by atoms with E-state index in [0.717, 1.165) is 13.1 Å². The van der Waals surface area contributed by atoms with Gasteiger partial charge in [-0.15, -0.1) is 0 Å². The molecule has 1 unspecified atom stereocenters. The van der Waals surface area contributed by atoms with Gasteiger partial charge in [0.15, 0.2) is 0 Å². The van der Waals surface area contributed by atoms with Crippen molar-refractivity contribution in [3.05, 3.63) is 24.3 Å². The zero-order valence-electron chi connectivity index (χ0n) is 12.3. The molecular formula is C15H24N4O. The molecule has 0 spiro atoms. The molecule has 1 atom stereocenters. The Morgan fingerprint density at radius 2 is 2.25 bits per heavy atom. The Hall–Kier alpha value is -1.59. The van der Waals surface area contributed by atoms with Crippen LogP contribution in [-0.4, -0.2) is 55.5 Å². The molecule has 0 bridgehead atoms. The van der Waals surface area contributed by atoms with Crippen molar-refractivity contribution in [2.45, 2.75) is 18.9 Å². The molecule has 1 saturated heterocycles. The molecule has 5 heteroatoms. The maximum atomic E-state index is 12.0. The van der Waals surface area contributed by atoms with Crippen molar-refractivity contribution < 1.29 is 4.79 Å². The summed E-state index contributed by atoms with van der Waals surface area (Å²) in [6, 6.07) is 7.88. The maximum absolute atomic E-state index is 12.0. The van der Waals surface area contributed by atoms with Crippen LogP contribution in [0.1, 0.15) is 12.8 Å². The van der Waals surface area contributed by atoms with Crippen molar-refractivity contribution in [3.8, 4) is 0 Å². The molecule has 20 heavy (non-hydrogen) atoms. The minimum Gasteiger partial charge on any atom is -0.397 e. The highest BCUT2D eigenvalue weighted by Crippen LogP contribution is 2.17. The Labute approximate surface area is 120 Å². The lowest BCUT2D eigenvalue weighted by molar-refractivity contribution is -0.117. The van der Waals surface area contributed by atoms with Gasteiger partial charge in [0.25, 0.3) is 0 Å². The molecule has 1 aliphatic heterocycles. The normalized spacial score (nSPS) is 19.4. The maximum Gasteiger partial charge on any atom is 0.238 e. The summed E-state index contributed by atoms with van der Waals surface area (Å²) >= 11 is 0. The van der Waals surface area contributed by atoms with Gasteiger partial charge in [-0.2, -0.15) is 0 Å². The van der Waals surface area contributed by atoms with E-state index in [0.29, 0.717) is 24.0 Å². The second-order valence-electron chi connectivity index (χ2n) is 5.61. The van der Waals surface area contributed by atoms with Crippen LogP contribution in [-0.2, 0) is 4.79 Å². The predicted molar refractivity (Wildman–Crippen MR) is 82.6 cm³/mol. The van der Waals surface area contributed by atoms with Crippen molar-refractivity contribution in [3.63, 3.8) is 0 Å². The van der Waals surface area contributed by atoms with E-state index in [2.05, 4.69) is 22.2 Å². The summed E-state index contributed by atoms with van der Waals surface area (Å²) in [6.07, 6.45) is 2.47. The first-order valence-corrected chi connectivity index (χ1v) is 7.09. The molecule has 0 saturated carbocycles. The number of nitrogen functional groups attached to an aromatic ring is 1. The number of rotatable bonds is 5. The van der Waals surface area contributed by atoms with Crippen LogP contribution < -0.4 is 11.1 Å². The summed E-state index contributed by atoms with van der Waals surface area (Å²) in [4.78, 5) is 16.4. The average Bonchev–Trinajstić information content (AvgIpc) is 2.77. The quantitative estimate of drug-likeness (QED) is 0.794. The van der Waals surface area contributed by atoms with Crippen molar-refractivity contribution in [1.82, 2.24) is 9.80 Å². The third-order valence-electron chi connectivity index (χ3n) is 3.84. The molecule has 5 nitrogen and oxygen atoms in total. The Morgan fingerprint density at radius 3 is 2.90 bits per heavy atom. The van der Waals surface area contributed by atoms with E-state index in [4.69, 9.17) is 5.73 Å². The number of hydrogen-bond donors (Lipinski definition) is 2. The van der Waals surface area contributed by atoms with E-state index in [1.807, 2.05) is 25.2 Å². The summed E-state index contributed by atoms with van der Waals surface area (Å²) < 4.78 is 0. The van der Waals surface area contributed by atoms with Crippen molar-refractivity contribution in [2.24, 2.45) is 0 Å². The molecule has 1 amide bonds. The van der Waals surface area contributed by atoms with Crippen LogP contribution in [0.3, 0.4) is 0 Å². The molecule has 0 radical (unpaired) electrons. The van der Waals surface area contributed by atoms with Gasteiger partial charge in [-0.05, 0) is 45.6 Å². The molecule has 0 aliphatic carbocycles. The minimum absolute atomic E-state index is 0.0222. The number of nitrogens with one attached hydrogen (secondary N) is 1. The van der Waals surface area contributed by atoms with Crippen molar-refractivity contribution >= 4 is 17.3 Å². The van der Waals surface area contributed by atoms with E-state index in [9.17, 15) is 4.79 Å². The average molecular weight is 276 g/mol. The van der Waals surface area contributed by atoms with E-state index >= 15 is 0 Å². The number of likely N-dealkylation sites (tertiary alicyclic amines) is 1. The predicted octanol–water partition coefficient (Wildman–Crippen LogP) is 1.23. The van der Waals surface area contributed by atoms with Crippen LogP contribution in [0.4, 0.5) is 11.4 Å². The monoisotopic (exact) mass is 276 g/mol. The van der Waals surface area contributed by atoms with Gasteiger partial charge in [-0.25, -0.2) is 0 Å². The van der Waals surface area contributed by atoms with Gasteiger partial charge in [0.2, 0.25) is 5.91 Å². The molecule has 1 fully saturated rings. The number of benzene rings is 1. The molecule has 2 rings (SSSR count). The summed E-state index contributed by atoms with van der Waals surface area (Å²) in [5, 5.41) is 2.86. The van der Waals surface area contributed by atoms with Crippen LogP contribution in [0, 0.1) is 0 Å². The Bertz CT molecular complexity index is 463. The first-order chi connectivity index (χ1) is 9.56. The van der Waals surface area contributed by atoms with Gasteiger partial charge in [0, 0.05) is 12.6 Å². The van der Waals surface area contributed by atoms with Crippen LogP contribution in [0.25, 0.3) is 0 Å². The van der Waals surface area contributed by atoms with Gasteiger partial charge in [-0.1, -0.05) is 12.1 Å². The Balaban J connectivity index is 1.80. The van der Waals surface area contributed by atoms with Crippen LogP contribution >= 0.6 is 0 Å². The zero-order chi connectivity index (χ0) is 14.5. The van der Waals surface area contributed by atoms with E-state index in [-0.39, 0.29) is 5.91 Å². The number of anilines is 2. The Kier molecular flexibility index (Phi) is 4.98. The largest absolute Gasteiger partial charge is 0.397 e. The van der Waals surface area contributed by atoms with Crippen molar-refractivity contribution in [1.29, 1.82) is 0 Å². The second kappa shape index (κ2) is 6.72. The number of nitrogens with zero attached hydrogens (tertiary/aromatic N) is 2. The van der Waals surface area contributed by atoms with Crippen LogP contribution in [0.5, 0.6) is 0 Å². The number of amides is 1. The number of nitrogens with two attached hydrogens (primary N) is 1. The fourth-order valence-electron chi connectivity index (χ4n) is 2.68. The van der Waals surface area contributed by atoms with E-state index in [1.165, 1.54) is 12.8 Å². The van der Waals surface area contributed by atoms with Gasteiger partial charge in [-0.3, -0.25) is 9.69 Å². The number of carbonyl (C=O) groups is 1. The van der Waals surface area contributed by atoms with E-state index in [1.54, 1.807) is 6.07 Å². The lowest BCUT2D eigenvalue weighted by Gasteiger charge is -2.25. The second-order valence-corrected chi connectivity index (χ2v) is 5.61. The Morgan fingerprint density at radius 1 is 1.50 bits per heavy atom. The summed E-state index contributed by atoms with van der Waals surface area (Å²) in [7, 11) is 4.14. The molecule has 110 valence electrons. The fraction of sp³-hybridized carbons (Fsp3) is 0.533. The van der Waals surface area contributed by atoms with Crippen LogP contribution in [0.2, 0.25) is 0 Å². The number of para-hydroxylation sites is 2. The van der Waals surface area contributed by atoms with E-state index < -0.39 is 0 Å². The zero-order valence-corrected chi connectivity index (χ0v) is 12.3. The first kappa shape index (κ1) is 14.8. The third kappa shape index (κ3) is 3.95. The summed E-state index contributed by atoms with van der Waals surface area (Å²) in [6.45, 7) is 2.47. The van der Waals surface area contributed by atoms with Gasteiger partial charge in [0.1, 0.15) is 0 Å². The summed E-state index contributed by atoms with van der Waals surface area (Å²) in [5.74, 6) is -0.0222. The lowest BCUT2D eigenvalue weighted by atomic mass is 10.2. The molecule has 3 N–H and O–H groups in total. The molecule has 0 aromatic heterocycles. The highest BCUT2D eigenvalue weighted by molar-refractivity contribution is 5.95. The fourth-order valence-corrected chi connectivity index (χ4v) is 2.68. The van der Waals surface area contributed by atoms with Gasteiger partial charge >= 0.3 is 0 Å². The number of likely N-dealkylation sites (N-methyl/N-ethyl adjacent to an activating group) is 2. The SMILES string of the molecule is CN(CC(=O)Nc1ccccc1N)CC1CCCN1C. The van der Waals surface area contributed by atoms with Gasteiger partial charge < -0.3 is 16.0 Å². The van der Waals surface area contributed by atoms with Crippen molar-refractivity contribution in [2.75, 3.05) is 44.8 Å².